The van der Waals surface area contributed by atoms with Crippen LogP contribution >= 0.6 is 0 Å². The smallest absolute Gasteiger partial charge is 0.123 e. The third-order valence-corrected chi connectivity index (χ3v) is 3.11. The fourth-order valence-corrected chi connectivity index (χ4v) is 2.08. The monoisotopic (exact) mass is 194 g/mol. The largest absolute Gasteiger partial charge is 0.380 e. The first-order chi connectivity index (χ1) is 6.55. The summed E-state index contributed by atoms with van der Waals surface area (Å²) in [6.45, 7) is 4.73. The van der Waals surface area contributed by atoms with Gasteiger partial charge >= 0.3 is 0 Å². The van der Waals surface area contributed by atoms with E-state index < -0.39 is 0 Å². The van der Waals surface area contributed by atoms with Gasteiger partial charge in [0.15, 0.2) is 0 Å². The summed E-state index contributed by atoms with van der Waals surface area (Å²) in [5.41, 5.74) is 7.61. The molecule has 0 amide bonds. The number of nitrogens with one attached hydrogen (secondary N) is 1. The maximum atomic E-state index is 13.1. The molecule has 0 saturated heterocycles. The van der Waals surface area contributed by atoms with Gasteiger partial charge in [-0.25, -0.2) is 4.39 Å². The number of anilines is 1. The average molecular weight is 194 g/mol. The van der Waals surface area contributed by atoms with Gasteiger partial charge in [0.1, 0.15) is 5.82 Å². The van der Waals surface area contributed by atoms with Crippen LogP contribution in [0.1, 0.15) is 19.4 Å². The Morgan fingerprint density at radius 3 is 2.86 bits per heavy atom. The van der Waals surface area contributed by atoms with E-state index in [0.29, 0.717) is 6.54 Å². The number of hydrogen-bond donors (Lipinski definition) is 2. The van der Waals surface area contributed by atoms with E-state index in [1.165, 1.54) is 6.07 Å². The second-order valence-corrected chi connectivity index (χ2v) is 4.34. The summed E-state index contributed by atoms with van der Waals surface area (Å²) in [5, 5.41) is 3.31. The number of fused-ring (bicyclic) bond motifs is 1. The van der Waals surface area contributed by atoms with Gasteiger partial charge in [-0.15, -0.1) is 0 Å². The third kappa shape index (κ3) is 1.20. The van der Waals surface area contributed by atoms with E-state index in [0.717, 1.165) is 11.3 Å². The fraction of sp³-hybridized carbons (Fsp3) is 0.455. The molecule has 14 heavy (non-hydrogen) atoms. The molecular formula is C11H15FN2. The summed E-state index contributed by atoms with van der Waals surface area (Å²) in [7, 11) is 0. The van der Waals surface area contributed by atoms with Crippen molar-refractivity contribution < 1.29 is 4.39 Å². The van der Waals surface area contributed by atoms with Gasteiger partial charge in [-0.3, -0.25) is 0 Å². The third-order valence-electron chi connectivity index (χ3n) is 3.11. The number of nitrogens with two attached hydrogens (primary N) is 1. The SMILES string of the molecule is CC1(C)c2cc(F)ccc2N[C@@H]1CN. The van der Waals surface area contributed by atoms with Gasteiger partial charge in [0.2, 0.25) is 0 Å². The lowest BCUT2D eigenvalue weighted by molar-refractivity contribution is 0.463. The summed E-state index contributed by atoms with van der Waals surface area (Å²) < 4.78 is 13.1. The minimum atomic E-state index is -0.184. The highest BCUT2D eigenvalue weighted by Crippen LogP contribution is 2.40. The average Bonchev–Trinajstić information content (AvgIpc) is 2.38. The van der Waals surface area contributed by atoms with Gasteiger partial charge in [-0.1, -0.05) is 13.8 Å². The minimum absolute atomic E-state index is 0.0911. The van der Waals surface area contributed by atoms with Crippen molar-refractivity contribution in [2.24, 2.45) is 5.73 Å². The quantitative estimate of drug-likeness (QED) is 0.716. The summed E-state index contributed by atoms with van der Waals surface area (Å²) in [4.78, 5) is 0. The minimum Gasteiger partial charge on any atom is -0.380 e. The predicted molar refractivity (Wildman–Crippen MR) is 55.9 cm³/mol. The number of benzene rings is 1. The molecule has 76 valence electrons. The van der Waals surface area contributed by atoms with E-state index in [9.17, 15) is 4.39 Å². The Hall–Kier alpha value is -1.09. The number of hydrogen-bond acceptors (Lipinski definition) is 2. The Kier molecular flexibility index (Phi) is 2.00. The molecule has 0 spiro atoms. The van der Waals surface area contributed by atoms with E-state index in [4.69, 9.17) is 5.73 Å². The molecule has 0 unspecified atom stereocenters. The van der Waals surface area contributed by atoms with Crippen molar-refractivity contribution >= 4 is 5.69 Å². The second-order valence-electron chi connectivity index (χ2n) is 4.34. The van der Waals surface area contributed by atoms with Crippen LogP contribution in [0.15, 0.2) is 18.2 Å². The van der Waals surface area contributed by atoms with Gasteiger partial charge in [0, 0.05) is 23.7 Å². The van der Waals surface area contributed by atoms with Crippen LogP contribution in [0.5, 0.6) is 0 Å². The molecule has 1 aromatic rings. The molecule has 0 aliphatic carbocycles. The van der Waals surface area contributed by atoms with Crippen molar-refractivity contribution in [2.45, 2.75) is 25.3 Å². The van der Waals surface area contributed by atoms with Crippen molar-refractivity contribution in [3.05, 3.63) is 29.6 Å². The standard InChI is InChI=1S/C11H15FN2/c1-11(2)8-5-7(12)3-4-9(8)14-10(11)6-13/h3-5,10,14H,6,13H2,1-2H3/t10-/m1/s1. The molecule has 2 rings (SSSR count). The van der Waals surface area contributed by atoms with E-state index in [1.54, 1.807) is 12.1 Å². The van der Waals surface area contributed by atoms with Crippen LogP contribution in [0.2, 0.25) is 0 Å². The Morgan fingerprint density at radius 2 is 2.21 bits per heavy atom. The molecule has 1 aromatic carbocycles. The topological polar surface area (TPSA) is 38.0 Å². The van der Waals surface area contributed by atoms with Crippen LogP contribution in [0.3, 0.4) is 0 Å². The first-order valence-corrected chi connectivity index (χ1v) is 4.82. The van der Waals surface area contributed by atoms with E-state index in [-0.39, 0.29) is 17.3 Å². The Bertz CT molecular complexity index is 360. The summed E-state index contributed by atoms with van der Waals surface area (Å²) in [6, 6.07) is 5.04. The van der Waals surface area contributed by atoms with Gasteiger partial charge in [-0.05, 0) is 23.8 Å². The van der Waals surface area contributed by atoms with Crippen LogP contribution in [0, 0.1) is 5.82 Å². The molecule has 2 nitrogen and oxygen atoms in total. The molecule has 3 N–H and O–H groups in total. The van der Waals surface area contributed by atoms with Crippen molar-refractivity contribution in [3.8, 4) is 0 Å². The van der Waals surface area contributed by atoms with Gasteiger partial charge in [0.25, 0.3) is 0 Å². The molecule has 1 heterocycles. The lowest BCUT2D eigenvalue weighted by atomic mass is 9.81. The maximum absolute atomic E-state index is 13.1. The lowest BCUT2D eigenvalue weighted by Gasteiger charge is -2.26. The molecule has 1 aliphatic rings. The van der Waals surface area contributed by atoms with E-state index >= 15 is 0 Å². The molecule has 0 bridgehead atoms. The molecule has 0 aromatic heterocycles. The Morgan fingerprint density at radius 1 is 1.50 bits per heavy atom. The Labute approximate surface area is 83.3 Å². The molecule has 0 saturated carbocycles. The first-order valence-electron chi connectivity index (χ1n) is 4.82. The molecule has 1 aliphatic heterocycles. The lowest BCUT2D eigenvalue weighted by Crippen LogP contribution is -2.39. The van der Waals surface area contributed by atoms with Gasteiger partial charge in [0.05, 0.1) is 0 Å². The highest BCUT2D eigenvalue weighted by Gasteiger charge is 2.38. The van der Waals surface area contributed by atoms with Crippen molar-refractivity contribution in [1.82, 2.24) is 0 Å². The molecule has 3 heteroatoms. The zero-order chi connectivity index (χ0) is 10.3. The van der Waals surface area contributed by atoms with Crippen LogP contribution in [-0.2, 0) is 5.41 Å². The summed E-state index contributed by atoms with van der Waals surface area (Å²) in [6.07, 6.45) is 0. The zero-order valence-electron chi connectivity index (χ0n) is 8.47. The predicted octanol–water partition coefficient (Wildman–Crippen LogP) is 1.86. The molecule has 0 fully saturated rings. The molecule has 0 radical (unpaired) electrons. The first kappa shape index (κ1) is 9.46. The van der Waals surface area contributed by atoms with Crippen molar-refractivity contribution in [2.75, 3.05) is 11.9 Å². The van der Waals surface area contributed by atoms with Crippen LogP contribution in [0.25, 0.3) is 0 Å². The molecule has 1 atom stereocenters. The van der Waals surface area contributed by atoms with Crippen LogP contribution in [0.4, 0.5) is 10.1 Å². The Balaban J connectivity index is 2.50. The summed E-state index contributed by atoms with van der Waals surface area (Å²) >= 11 is 0. The normalized spacial score (nSPS) is 23.0. The van der Waals surface area contributed by atoms with Crippen molar-refractivity contribution in [3.63, 3.8) is 0 Å². The van der Waals surface area contributed by atoms with Gasteiger partial charge < -0.3 is 11.1 Å². The second kappa shape index (κ2) is 2.95. The van der Waals surface area contributed by atoms with E-state index in [1.807, 2.05) is 0 Å². The van der Waals surface area contributed by atoms with Gasteiger partial charge in [-0.2, -0.15) is 0 Å². The highest BCUT2D eigenvalue weighted by atomic mass is 19.1. The number of halogens is 1. The summed E-state index contributed by atoms with van der Waals surface area (Å²) in [5.74, 6) is -0.184. The molecular weight excluding hydrogens is 179 g/mol. The fourth-order valence-electron chi connectivity index (χ4n) is 2.08. The van der Waals surface area contributed by atoms with E-state index in [2.05, 4.69) is 19.2 Å². The van der Waals surface area contributed by atoms with Crippen LogP contribution < -0.4 is 11.1 Å². The van der Waals surface area contributed by atoms with Crippen molar-refractivity contribution in [1.29, 1.82) is 0 Å². The highest BCUT2D eigenvalue weighted by molar-refractivity contribution is 5.61. The number of rotatable bonds is 1. The maximum Gasteiger partial charge on any atom is 0.123 e. The zero-order valence-corrected chi connectivity index (χ0v) is 8.47. The van der Waals surface area contributed by atoms with Crippen LogP contribution in [-0.4, -0.2) is 12.6 Å².